The van der Waals surface area contributed by atoms with Crippen molar-refractivity contribution in [1.29, 1.82) is 0 Å². The average molecular weight is 290 g/mol. The monoisotopic (exact) mass is 290 g/mol. The molecule has 1 aliphatic heterocycles. The first kappa shape index (κ1) is 14.6. The van der Waals surface area contributed by atoms with E-state index in [1.165, 1.54) is 19.3 Å². The molecule has 2 fully saturated rings. The van der Waals surface area contributed by atoms with Gasteiger partial charge >= 0.3 is 0 Å². The summed E-state index contributed by atoms with van der Waals surface area (Å²) < 4.78 is 1.76. The molecule has 5 heteroatoms. The summed E-state index contributed by atoms with van der Waals surface area (Å²) in [6.07, 6.45) is 9.53. The second-order valence-electron chi connectivity index (χ2n) is 7.02. The van der Waals surface area contributed by atoms with Crippen molar-refractivity contribution in [2.24, 2.45) is 5.92 Å². The topological polar surface area (TPSA) is 59.0 Å². The molecular formula is C16H26N4O. The summed E-state index contributed by atoms with van der Waals surface area (Å²) in [5.74, 6) is 0.967. The van der Waals surface area contributed by atoms with Gasteiger partial charge in [0.15, 0.2) is 5.82 Å². The van der Waals surface area contributed by atoms with Gasteiger partial charge in [-0.15, -0.1) is 0 Å². The lowest BCUT2D eigenvalue weighted by atomic mass is 9.70. The Bertz CT molecular complexity index is 547. The molecule has 1 aromatic rings. The third-order valence-corrected chi connectivity index (χ3v) is 4.76. The van der Waals surface area contributed by atoms with E-state index in [1.54, 1.807) is 17.0 Å². The van der Waals surface area contributed by atoms with E-state index < -0.39 is 0 Å². The minimum absolute atomic E-state index is 0.00684. The van der Waals surface area contributed by atoms with Crippen LogP contribution >= 0.6 is 0 Å². The van der Waals surface area contributed by atoms with Crippen LogP contribution in [-0.4, -0.2) is 27.7 Å². The summed E-state index contributed by atoms with van der Waals surface area (Å²) in [4.78, 5) is 16.7. The van der Waals surface area contributed by atoms with Gasteiger partial charge in [-0.1, -0.05) is 13.8 Å². The molecule has 0 aromatic carbocycles. The number of rotatable bonds is 4. The number of hydrogen-bond donors (Lipinski definition) is 2. The highest BCUT2D eigenvalue weighted by molar-refractivity contribution is 5.33. The molecule has 1 saturated carbocycles. The molecular weight excluding hydrogens is 264 g/mol. The molecule has 1 spiro atoms. The van der Waals surface area contributed by atoms with Crippen molar-refractivity contribution in [2.45, 2.75) is 64.1 Å². The fourth-order valence-electron chi connectivity index (χ4n) is 3.54. The highest BCUT2D eigenvalue weighted by Crippen LogP contribution is 2.38. The zero-order valence-corrected chi connectivity index (χ0v) is 13.1. The van der Waals surface area contributed by atoms with Crippen molar-refractivity contribution in [3.63, 3.8) is 0 Å². The maximum absolute atomic E-state index is 12.4. The van der Waals surface area contributed by atoms with Crippen LogP contribution in [0.3, 0.4) is 0 Å². The SMILES string of the molecule is CC(C)Cn1ccnc(NC2CCNC3(CCC3)C2)c1=O. The molecule has 2 N–H and O–H groups in total. The standard InChI is InChI=1S/C16H26N4O/c1-12(2)11-20-9-8-17-14(15(20)21)19-13-4-7-18-16(10-13)5-3-6-16/h8-9,12-13,18H,3-7,10-11H2,1-2H3,(H,17,19). The Morgan fingerprint density at radius 3 is 3.00 bits per heavy atom. The smallest absolute Gasteiger partial charge is 0.293 e. The van der Waals surface area contributed by atoms with Crippen LogP contribution in [0.2, 0.25) is 0 Å². The molecule has 1 atom stereocenters. The number of hydrogen-bond acceptors (Lipinski definition) is 4. The predicted octanol–water partition coefficient (Wildman–Crippen LogP) is 1.99. The highest BCUT2D eigenvalue weighted by atomic mass is 16.1. The van der Waals surface area contributed by atoms with Crippen molar-refractivity contribution < 1.29 is 0 Å². The van der Waals surface area contributed by atoms with Gasteiger partial charge in [0.1, 0.15) is 0 Å². The van der Waals surface area contributed by atoms with E-state index in [1.807, 2.05) is 0 Å². The molecule has 1 saturated heterocycles. The largest absolute Gasteiger partial charge is 0.363 e. The molecule has 0 amide bonds. The number of nitrogens with zero attached hydrogens (tertiary/aromatic N) is 2. The van der Waals surface area contributed by atoms with Crippen LogP contribution in [0.25, 0.3) is 0 Å². The van der Waals surface area contributed by atoms with E-state index in [2.05, 4.69) is 29.5 Å². The fourth-order valence-corrected chi connectivity index (χ4v) is 3.54. The molecule has 1 unspecified atom stereocenters. The summed E-state index contributed by atoms with van der Waals surface area (Å²) in [6.45, 7) is 6.01. The maximum atomic E-state index is 12.4. The summed E-state index contributed by atoms with van der Waals surface area (Å²) in [5, 5.41) is 7.06. The number of aromatic nitrogens is 2. The van der Waals surface area contributed by atoms with Crippen molar-refractivity contribution in [1.82, 2.24) is 14.9 Å². The van der Waals surface area contributed by atoms with Crippen LogP contribution in [0.15, 0.2) is 17.2 Å². The van der Waals surface area contributed by atoms with Crippen molar-refractivity contribution in [3.05, 3.63) is 22.7 Å². The lowest BCUT2D eigenvalue weighted by Gasteiger charge is -2.48. The average Bonchev–Trinajstić information content (AvgIpc) is 2.41. The maximum Gasteiger partial charge on any atom is 0.293 e. The van der Waals surface area contributed by atoms with Gasteiger partial charge in [0, 0.05) is 30.5 Å². The molecule has 116 valence electrons. The van der Waals surface area contributed by atoms with Crippen LogP contribution in [0.5, 0.6) is 0 Å². The Balaban J connectivity index is 1.71. The summed E-state index contributed by atoms with van der Waals surface area (Å²) >= 11 is 0. The number of piperidine rings is 1. The fraction of sp³-hybridized carbons (Fsp3) is 0.750. The normalized spacial score (nSPS) is 24.0. The van der Waals surface area contributed by atoms with Crippen molar-refractivity contribution in [2.75, 3.05) is 11.9 Å². The van der Waals surface area contributed by atoms with E-state index in [9.17, 15) is 4.79 Å². The third-order valence-electron chi connectivity index (χ3n) is 4.76. The quantitative estimate of drug-likeness (QED) is 0.890. The first-order valence-corrected chi connectivity index (χ1v) is 8.15. The van der Waals surface area contributed by atoms with Gasteiger partial charge in [0.2, 0.25) is 0 Å². The van der Waals surface area contributed by atoms with E-state index in [0.717, 1.165) is 25.9 Å². The summed E-state index contributed by atoms with van der Waals surface area (Å²) in [7, 11) is 0. The number of anilines is 1. The molecule has 2 aliphatic rings. The summed E-state index contributed by atoms with van der Waals surface area (Å²) in [5.41, 5.74) is 0.342. The van der Waals surface area contributed by atoms with Crippen molar-refractivity contribution in [3.8, 4) is 0 Å². The van der Waals surface area contributed by atoms with Gasteiger partial charge in [0.05, 0.1) is 0 Å². The van der Waals surface area contributed by atoms with Crippen LogP contribution < -0.4 is 16.2 Å². The van der Waals surface area contributed by atoms with Crippen LogP contribution in [0.4, 0.5) is 5.82 Å². The molecule has 5 nitrogen and oxygen atoms in total. The van der Waals surface area contributed by atoms with Crippen LogP contribution in [0.1, 0.15) is 46.0 Å². The van der Waals surface area contributed by atoms with Gasteiger partial charge in [-0.2, -0.15) is 0 Å². The molecule has 2 heterocycles. The first-order chi connectivity index (χ1) is 10.1. The van der Waals surface area contributed by atoms with Gasteiger partial charge in [-0.3, -0.25) is 4.79 Å². The van der Waals surface area contributed by atoms with Gasteiger partial charge in [0.25, 0.3) is 5.56 Å². The molecule has 3 rings (SSSR count). The van der Waals surface area contributed by atoms with E-state index in [4.69, 9.17) is 0 Å². The highest BCUT2D eigenvalue weighted by Gasteiger charge is 2.41. The van der Waals surface area contributed by atoms with E-state index in [-0.39, 0.29) is 5.56 Å². The Labute approximate surface area is 126 Å². The van der Waals surface area contributed by atoms with E-state index >= 15 is 0 Å². The molecule has 21 heavy (non-hydrogen) atoms. The van der Waals surface area contributed by atoms with E-state index in [0.29, 0.717) is 23.3 Å². The third kappa shape index (κ3) is 3.12. The predicted molar refractivity (Wildman–Crippen MR) is 84.6 cm³/mol. The summed E-state index contributed by atoms with van der Waals surface area (Å²) in [6, 6.07) is 0.363. The molecule has 1 aromatic heterocycles. The Morgan fingerprint density at radius 2 is 2.33 bits per heavy atom. The minimum Gasteiger partial charge on any atom is -0.363 e. The Morgan fingerprint density at radius 1 is 1.52 bits per heavy atom. The van der Waals surface area contributed by atoms with Gasteiger partial charge < -0.3 is 15.2 Å². The van der Waals surface area contributed by atoms with Gasteiger partial charge in [-0.25, -0.2) is 4.98 Å². The second-order valence-corrected chi connectivity index (χ2v) is 7.02. The van der Waals surface area contributed by atoms with Crippen LogP contribution in [-0.2, 0) is 6.54 Å². The second kappa shape index (κ2) is 5.79. The Kier molecular flexibility index (Phi) is 4.02. The molecule has 1 aliphatic carbocycles. The Hall–Kier alpha value is -1.36. The molecule has 0 radical (unpaired) electrons. The number of nitrogens with one attached hydrogen (secondary N) is 2. The van der Waals surface area contributed by atoms with Crippen LogP contribution in [0, 0.1) is 5.92 Å². The lowest BCUT2D eigenvalue weighted by Crippen LogP contribution is -2.58. The lowest BCUT2D eigenvalue weighted by molar-refractivity contribution is 0.135. The molecule has 0 bridgehead atoms. The first-order valence-electron chi connectivity index (χ1n) is 8.15. The zero-order chi connectivity index (χ0) is 14.9. The zero-order valence-electron chi connectivity index (χ0n) is 13.1. The van der Waals surface area contributed by atoms with Gasteiger partial charge in [-0.05, 0) is 44.6 Å². The van der Waals surface area contributed by atoms with Crippen molar-refractivity contribution >= 4 is 5.82 Å². The minimum atomic E-state index is 0.00684.